The van der Waals surface area contributed by atoms with E-state index in [1.807, 2.05) is 6.07 Å². The predicted molar refractivity (Wildman–Crippen MR) is 85.8 cm³/mol. The smallest absolute Gasteiger partial charge is 0.227 e. The van der Waals surface area contributed by atoms with Crippen molar-refractivity contribution >= 4 is 27.6 Å². The van der Waals surface area contributed by atoms with Crippen molar-refractivity contribution in [3.8, 4) is 0 Å². The van der Waals surface area contributed by atoms with Crippen LogP contribution in [0, 0.1) is 6.92 Å². The molecule has 2 heterocycles. The molecule has 1 aromatic carbocycles. The Hall–Kier alpha value is -1.50. The Morgan fingerprint density at radius 3 is 2.81 bits per heavy atom. The van der Waals surface area contributed by atoms with Crippen LogP contribution in [-0.4, -0.2) is 29.7 Å². The largest absolute Gasteiger partial charge is 0.371 e. The lowest BCUT2D eigenvalue weighted by molar-refractivity contribution is 0.0277. The summed E-state index contributed by atoms with van der Waals surface area (Å²) in [4.78, 5) is 8.45. The van der Waals surface area contributed by atoms with Crippen molar-refractivity contribution < 1.29 is 4.74 Å². The number of aromatic nitrogens is 2. The molecular formula is C15H17BrN4O. The Labute approximate surface area is 132 Å². The minimum Gasteiger partial charge on any atom is -0.371 e. The third-order valence-corrected chi connectivity index (χ3v) is 3.83. The van der Waals surface area contributed by atoms with Crippen molar-refractivity contribution in [2.75, 3.05) is 25.0 Å². The van der Waals surface area contributed by atoms with Gasteiger partial charge >= 0.3 is 0 Å². The van der Waals surface area contributed by atoms with E-state index in [0.29, 0.717) is 5.95 Å². The first kappa shape index (κ1) is 14.4. The number of nitrogens with zero attached hydrogens (tertiary/aromatic N) is 2. The van der Waals surface area contributed by atoms with Crippen molar-refractivity contribution in [3.05, 3.63) is 46.2 Å². The summed E-state index contributed by atoms with van der Waals surface area (Å²) in [5, 5.41) is 6.58. The highest BCUT2D eigenvalue weighted by Crippen LogP contribution is 2.25. The third-order valence-electron chi connectivity index (χ3n) is 3.42. The van der Waals surface area contributed by atoms with Crippen LogP contribution < -0.4 is 10.6 Å². The van der Waals surface area contributed by atoms with Crippen molar-refractivity contribution in [1.29, 1.82) is 0 Å². The molecule has 0 amide bonds. The number of benzene rings is 1. The van der Waals surface area contributed by atoms with Gasteiger partial charge in [0.2, 0.25) is 5.95 Å². The number of ether oxygens (including phenoxy) is 1. The molecule has 1 fully saturated rings. The predicted octanol–water partition coefficient (Wildman–Crippen LogP) is 2.95. The number of halogens is 1. The van der Waals surface area contributed by atoms with Crippen LogP contribution in [0.3, 0.4) is 0 Å². The van der Waals surface area contributed by atoms with E-state index in [1.54, 1.807) is 12.4 Å². The molecule has 0 bridgehead atoms. The molecule has 2 N–H and O–H groups in total. The molecule has 1 aliphatic rings. The molecule has 0 aliphatic carbocycles. The second-order valence-electron chi connectivity index (χ2n) is 4.99. The van der Waals surface area contributed by atoms with Gasteiger partial charge in [-0.2, -0.15) is 0 Å². The minimum atomic E-state index is 0.135. The van der Waals surface area contributed by atoms with Crippen LogP contribution in [0.25, 0.3) is 0 Å². The van der Waals surface area contributed by atoms with Crippen LogP contribution in [0.4, 0.5) is 11.6 Å². The van der Waals surface area contributed by atoms with E-state index in [9.17, 15) is 0 Å². The molecule has 1 aromatic heterocycles. The van der Waals surface area contributed by atoms with Gasteiger partial charge < -0.3 is 15.4 Å². The molecule has 1 saturated heterocycles. The number of anilines is 2. The molecule has 110 valence electrons. The Bertz CT molecular complexity index is 612. The van der Waals surface area contributed by atoms with Gasteiger partial charge in [-0.3, -0.25) is 0 Å². The van der Waals surface area contributed by atoms with Crippen molar-refractivity contribution in [1.82, 2.24) is 15.3 Å². The summed E-state index contributed by atoms with van der Waals surface area (Å²) in [7, 11) is 0. The highest BCUT2D eigenvalue weighted by Gasteiger charge is 2.16. The first-order chi connectivity index (χ1) is 10.2. The summed E-state index contributed by atoms with van der Waals surface area (Å²) in [5.74, 6) is 0.588. The van der Waals surface area contributed by atoms with E-state index in [4.69, 9.17) is 4.74 Å². The number of rotatable bonds is 3. The average Bonchev–Trinajstić information content (AvgIpc) is 2.52. The second kappa shape index (κ2) is 6.51. The molecule has 1 unspecified atom stereocenters. The highest BCUT2D eigenvalue weighted by molar-refractivity contribution is 9.10. The van der Waals surface area contributed by atoms with Crippen LogP contribution in [0.5, 0.6) is 0 Å². The molecule has 2 aromatic rings. The SMILES string of the molecule is Cc1cc(C2CNCCO2)ccc1Nc1ncc(Br)cn1. The van der Waals surface area contributed by atoms with E-state index < -0.39 is 0 Å². The van der Waals surface area contributed by atoms with Crippen molar-refractivity contribution in [3.63, 3.8) is 0 Å². The summed E-state index contributed by atoms with van der Waals surface area (Å²) in [6.07, 6.45) is 3.58. The van der Waals surface area contributed by atoms with Gasteiger partial charge in [0.15, 0.2) is 0 Å². The second-order valence-corrected chi connectivity index (χ2v) is 5.90. The van der Waals surface area contributed by atoms with Gasteiger partial charge in [0.1, 0.15) is 0 Å². The fraction of sp³-hybridized carbons (Fsp3) is 0.333. The van der Waals surface area contributed by atoms with Crippen LogP contribution >= 0.6 is 15.9 Å². The molecule has 1 atom stereocenters. The maximum Gasteiger partial charge on any atom is 0.227 e. The van der Waals surface area contributed by atoms with E-state index in [2.05, 4.69) is 55.6 Å². The van der Waals surface area contributed by atoms with Gasteiger partial charge in [0, 0.05) is 31.2 Å². The molecule has 3 rings (SSSR count). The molecule has 0 saturated carbocycles. The third kappa shape index (κ3) is 3.58. The van der Waals surface area contributed by atoms with E-state index >= 15 is 0 Å². The lowest BCUT2D eigenvalue weighted by atomic mass is 10.0. The molecular weight excluding hydrogens is 332 g/mol. The minimum absolute atomic E-state index is 0.135. The first-order valence-corrected chi connectivity index (χ1v) is 7.69. The molecule has 0 radical (unpaired) electrons. The van der Waals surface area contributed by atoms with Gasteiger partial charge in [0.05, 0.1) is 17.2 Å². The van der Waals surface area contributed by atoms with Gasteiger partial charge in [-0.1, -0.05) is 12.1 Å². The molecule has 6 heteroatoms. The van der Waals surface area contributed by atoms with Crippen LogP contribution in [0.1, 0.15) is 17.2 Å². The van der Waals surface area contributed by atoms with Crippen LogP contribution in [-0.2, 0) is 4.74 Å². The van der Waals surface area contributed by atoms with Crippen LogP contribution in [0.2, 0.25) is 0 Å². The van der Waals surface area contributed by atoms with Gasteiger partial charge in [-0.15, -0.1) is 0 Å². The number of aryl methyl sites for hydroxylation is 1. The summed E-state index contributed by atoms with van der Waals surface area (Å²) in [6, 6.07) is 6.29. The van der Waals surface area contributed by atoms with Crippen molar-refractivity contribution in [2.45, 2.75) is 13.0 Å². The molecule has 0 spiro atoms. The highest BCUT2D eigenvalue weighted by atomic mass is 79.9. The standard InChI is InChI=1S/C15H17BrN4O/c1-10-6-11(14-9-17-4-5-21-14)2-3-13(10)20-15-18-7-12(16)8-19-15/h2-3,6-8,14,17H,4-5,9H2,1H3,(H,18,19,20). The summed E-state index contributed by atoms with van der Waals surface area (Å²) < 4.78 is 6.64. The number of morpholine rings is 1. The number of hydrogen-bond donors (Lipinski definition) is 2. The maximum atomic E-state index is 5.78. The lowest BCUT2D eigenvalue weighted by Gasteiger charge is -2.24. The molecule has 5 nitrogen and oxygen atoms in total. The number of hydrogen-bond acceptors (Lipinski definition) is 5. The summed E-state index contributed by atoms with van der Waals surface area (Å²) >= 11 is 3.33. The van der Waals surface area contributed by atoms with E-state index in [-0.39, 0.29) is 6.10 Å². The first-order valence-electron chi connectivity index (χ1n) is 6.90. The molecule has 21 heavy (non-hydrogen) atoms. The number of nitrogens with one attached hydrogen (secondary N) is 2. The normalized spacial score (nSPS) is 18.5. The lowest BCUT2D eigenvalue weighted by Crippen LogP contribution is -2.33. The zero-order valence-electron chi connectivity index (χ0n) is 11.8. The van der Waals surface area contributed by atoms with E-state index in [0.717, 1.165) is 35.4 Å². The Morgan fingerprint density at radius 1 is 1.33 bits per heavy atom. The average molecular weight is 349 g/mol. The Morgan fingerprint density at radius 2 is 2.14 bits per heavy atom. The topological polar surface area (TPSA) is 59.1 Å². The molecule has 1 aliphatic heterocycles. The fourth-order valence-electron chi connectivity index (χ4n) is 2.30. The summed E-state index contributed by atoms with van der Waals surface area (Å²) in [6.45, 7) is 4.62. The Kier molecular flexibility index (Phi) is 4.48. The van der Waals surface area contributed by atoms with Gasteiger partial charge in [-0.05, 0) is 40.0 Å². The summed E-state index contributed by atoms with van der Waals surface area (Å²) in [5.41, 5.74) is 3.35. The van der Waals surface area contributed by atoms with Crippen molar-refractivity contribution in [2.24, 2.45) is 0 Å². The fourth-order valence-corrected chi connectivity index (χ4v) is 2.51. The maximum absolute atomic E-state index is 5.78. The zero-order chi connectivity index (χ0) is 14.7. The quantitative estimate of drug-likeness (QED) is 0.892. The Balaban J connectivity index is 1.76. The van der Waals surface area contributed by atoms with E-state index in [1.165, 1.54) is 5.56 Å². The van der Waals surface area contributed by atoms with Gasteiger partial charge in [-0.25, -0.2) is 9.97 Å². The monoisotopic (exact) mass is 348 g/mol. The van der Waals surface area contributed by atoms with Crippen LogP contribution in [0.15, 0.2) is 35.1 Å². The zero-order valence-corrected chi connectivity index (χ0v) is 13.4. The van der Waals surface area contributed by atoms with Gasteiger partial charge in [0.25, 0.3) is 0 Å².